The topological polar surface area (TPSA) is 77.8 Å². The van der Waals surface area contributed by atoms with E-state index >= 15 is 0 Å². The van der Waals surface area contributed by atoms with E-state index in [1.165, 1.54) is 17.4 Å². The van der Waals surface area contributed by atoms with Gasteiger partial charge in [-0.25, -0.2) is 4.79 Å². The van der Waals surface area contributed by atoms with Crippen molar-refractivity contribution in [1.82, 2.24) is 4.90 Å². The number of aliphatic hydroxyl groups is 1. The molecule has 0 radical (unpaired) electrons. The summed E-state index contributed by atoms with van der Waals surface area (Å²) in [6.45, 7) is 0.613. The Kier molecular flexibility index (Phi) is 5.52. The SMILES string of the molecule is O=C(O)/C=C/c1ccsc1C(=O)N1CCCCCC1CO. The lowest BCUT2D eigenvalue weighted by Gasteiger charge is -2.28. The van der Waals surface area contributed by atoms with Gasteiger partial charge in [-0.05, 0) is 35.9 Å². The van der Waals surface area contributed by atoms with Crippen LogP contribution in [0, 0.1) is 0 Å². The number of carboxylic acids is 1. The third-order valence-electron chi connectivity index (χ3n) is 3.64. The summed E-state index contributed by atoms with van der Waals surface area (Å²) in [4.78, 5) is 25.6. The van der Waals surface area contributed by atoms with Gasteiger partial charge in [-0.15, -0.1) is 11.3 Å². The van der Waals surface area contributed by atoms with Gasteiger partial charge in [-0.3, -0.25) is 4.79 Å². The average molecular weight is 309 g/mol. The van der Waals surface area contributed by atoms with Gasteiger partial charge in [0.2, 0.25) is 0 Å². The minimum absolute atomic E-state index is 0.0303. The average Bonchev–Trinajstić information content (AvgIpc) is 2.80. The normalized spacial score (nSPS) is 19.7. The van der Waals surface area contributed by atoms with E-state index in [9.17, 15) is 14.7 Å². The van der Waals surface area contributed by atoms with Crippen LogP contribution in [-0.2, 0) is 4.79 Å². The number of carbonyl (C=O) groups is 2. The van der Waals surface area contributed by atoms with E-state index < -0.39 is 5.97 Å². The highest BCUT2D eigenvalue weighted by Gasteiger charge is 2.27. The first-order valence-corrected chi connectivity index (χ1v) is 7.91. The van der Waals surface area contributed by atoms with Gasteiger partial charge in [-0.1, -0.05) is 12.8 Å². The van der Waals surface area contributed by atoms with Gasteiger partial charge in [0.15, 0.2) is 0 Å². The molecule has 1 aliphatic heterocycles. The molecule has 2 N–H and O–H groups in total. The summed E-state index contributed by atoms with van der Waals surface area (Å²) < 4.78 is 0. The van der Waals surface area contributed by atoms with E-state index in [1.807, 2.05) is 0 Å². The Labute approximate surface area is 127 Å². The molecule has 114 valence electrons. The lowest BCUT2D eigenvalue weighted by atomic mass is 10.1. The number of carbonyl (C=O) groups excluding carboxylic acids is 1. The van der Waals surface area contributed by atoms with E-state index in [0.717, 1.165) is 31.8 Å². The van der Waals surface area contributed by atoms with Crippen molar-refractivity contribution in [2.45, 2.75) is 31.7 Å². The zero-order valence-corrected chi connectivity index (χ0v) is 12.5. The van der Waals surface area contributed by atoms with Gasteiger partial charge in [0, 0.05) is 12.6 Å². The quantitative estimate of drug-likeness (QED) is 0.836. The first-order chi connectivity index (χ1) is 10.1. The summed E-state index contributed by atoms with van der Waals surface area (Å²) in [5.74, 6) is -1.15. The summed E-state index contributed by atoms with van der Waals surface area (Å²) in [6.07, 6.45) is 6.31. The molecule has 1 aliphatic rings. The molecule has 0 spiro atoms. The molecule has 6 heteroatoms. The molecule has 2 rings (SSSR count). The van der Waals surface area contributed by atoms with Crippen LogP contribution in [0.5, 0.6) is 0 Å². The Hall–Kier alpha value is -1.66. The Morgan fingerprint density at radius 1 is 1.38 bits per heavy atom. The standard InChI is InChI=1S/C15H19NO4S/c17-10-12-4-2-1-3-8-16(12)15(20)14-11(7-9-21-14)5-6-13(18)19/h5-7,9,12,17H,1-4,8,10H2,(H,18,19)/b6-5+. The number of hydrogen-bond acceptors (Lipinski definition) is 4. The van der Waals surface area contributed by atoms with Crippen LogP contribution in [0.2, 0.25) is 0 Å². The maximum atomic E-state index is 12.7. The molecule has 0 saturated carbocycles. The van der Waals surface area contributed by atoms with Gasteiger partial charge >= 0.3 is 5.97 Å². The number of nitrogens with zero attached hydrogens (tertiary/aromatic N) is 1. The lowest BCUT2D eigenvalue weighted by molar-refractivity contribution is -0.131. The number of hydrogen-bond donors (Lipinski definition) is 2. The predicted molar refractivity (Wildman–Crippen MR) is 81.4 cm³/mol. The van der Waals surface area contributed by atoms with Crippen LogP contribution in [0.25, 0.3) is 6.08 Å². The molecule has 1 amide bonds. The van der Waals surface area contributed by atoms with Gasteiger partial charge < -0.3 is 15.1 Å². The molecule has 21 heavy (non-hydrogen) atoms. The first-order valence-electron chi connectivity index (χ1n) is 7.04. The highest BCUT2D eigenvalue weighted by atomic mass is 32.1. The maximum absolute atomic E-state index is 12.7. The van der Waals surface area contributed by atoms with E-state index in [-0.39, 0.29) is 18.6 Å². The van der Waals surface area contributed by atoms with E-state index in [0.29, 0.717) is 17.0 Å². The number of amides is 1. The molecule has 1 aromatic heterocycles. The number of thiophene rings is 1. The molecule has 5 nitrogen and oxygen atoms in total. The van der Waals surface area contributed by atoms with Gasteiger partial charge in [0.05, 0.1) is 17.5 Å². The summed E-state index contributed by atoms with van der Waals surface area (Å²) in [6, 6.07) is 1.60. The third-order valence-corrected chi connectivity index (χ3v) is 4.56. The van der Waals surface area contributed by atoms with Crippen molar-refractivity contribution in [2.24, 2.45) is 0 Å². The second kappa shape index (κ2) is 7.38. The van der Waals surface area contributed by atoms with Crippen LogP contribution in [0.4, 0.5) is 0 Å². The van der Waals surface area contributed by atoms with Crippen molar-refractivity contribution in [3.8, 4) is 0 Å². The van der Waals surface area contributed by atoms with Crippen LogP contribution in [0.15, 0.2) is 17.5 Å². The van der Waals surface area contributed by atoms with Crippen LogP contribution in [-0.4, -0.2) is 46.2 Å². The molecule has 1 saturated heterocycles. The second-order valence-electron chi connectivity index (χ2n) is 5.06. The minimum atomic E-state index is -1.04. The minimum Gasteiger partial charge on any atom is -0.478 e. The van der Waals surface area contributed by atoms with E-state index in [4.69, 9.17) is 5.11 Å². The number of carboxylic acid groups (broad SMARTS) is 1. The largest absolute Gasteiger partial charge is 0.478 e. The molecule has 1 atom stereocenters. The molecule has 2 heterocycles. The fraction of sp³-hybridized carbons (Fsp3) is 0.467. The highest BCUT2D eigenvalue weighted by molar-refractivity contribution is 7.12. The monoisotopic (exact) mass is 309 g/mol. The third kappa shape index (κ3) is 3.92. The fourth-order valence-corrected chi connectivity index (χ4v) is 3.39. The van der Waals surface area contributed by atoms with Crippen molar-refractivity contribution < 1.29 is 19.8 Å². The Morgan fingerprint density at radius 2 is 2.19 bits per heavy atom. The summed E-state index contributed by atoms with van der Waals surface area (Å²) in [5.41, 5.74) is 0.619. The zero-order chi connectivity index (χ0) is 15.2. The summed E-state index contributed by atoms with van der Waals surface area (Å²) in [5, 5.41) is 20.0. The number of rotatable bonds is 4. The molecular formula is C15H19NO4S. The molecule has 1 fully saturated rings. The Balaban J connectivity index is 2.22. The molecular weight excluding hydrogens is 290 g/mol. The summed E-state index contributed by atoms with van der Waals surface area (Å²) >= 11 is 1.31. The fourth-order valence-electron chi connectivity index (χ4n) is 2.55. The van der Waals surface area contributed by atoms with Crippen molar-refractivity contribution >= 4 is 29.3 Å². The van der Waals surface area contributed by atoms with E-state index in [1.54, 1.807) is 16.3 Å². The molecule has 0 aromatic carbocycles. The Morgan fingerprint density at radius 3 is 2.90 bits per heavy atom. The maximum Gasteiger partial charge on any atom is 0.328 e. The van der Waals surface area contributed by atoms with Crippen molar-refractivity contribution in [3.63, 3.8) is 0 Å². The molecule has 1 unspecified atom stereocenters. The van der Waals surface area contributed by atoms with Crippen LogP contribution in [0.1, 0.15) is 40.9 Å². The van der Waals surface area contributed by atoms with Crippen molar-refractivity contribution in [1.29, 1.82) is 0 Å². The predicted octanol–water partition coefficient (Wildman–Crippen LogP) is 2.22. The van der Waals surface area contributed by atoms with Crippen LogP contribution < -0.4 is 0 Å². The number of aliphatic carboxylic acids is 1. The van der Waals surface area contributed by atoms with Crippen molar-refractivity contribution in [2.75, 3.05) is 13.2 Å². The van der Waals surface area contributed by atoms with Crippen LogP contribution in [0.3, 0.4) is 0 Å². The Bertz CT molecular complexity index is 538. The van der Waals surface area contributed by atoms with Crippen molar-refractivity contribution in [3.05, 3.63) is 28.0 Å². The first kappa shape index (κ1) is 15.7. The molecule has 1 aromatic rings. The zero-order valence-electron chi connectivity index (χ0n) is 11.7. The summed E-state index contributed by atoms with van der Waals surface area (Å²) in [7, 11) is 0. The second-order valence-corrected chi connectivity index (χ2v) is 5.98. The van der Waals surface area contributed by atoms with Gasteiger partial charge in [0.1, 0.15) is 0 Å². The lowest BCUT2D eigenvalue weighted by Crippen LogP contribution is -2.42. The number of aliphatic hydroxyl groups excluding tert-OH is 1. The van der Waals surface area contributed by atoms with Gasteiger partial charge in [-0.2, -0.15) is 0 Å². The molecule has 0 bridgehead atoms. The number of likely N-dealkylation sites (tertiary alicyclic amines) is 1. The smallest absolute Gasteiger partial charge is 0.328 e. The van der Waals surface area contributed by atoms with Crippen LogP contribution >= 0.6 is 11.3 Å². The highest BCUT2D eigenvalue weighted by Crippen LogP contribution is 2.24. The van der Waals surface area contributed by atoms with E-state index in [2.05, 4.69) is 0 Å². The van der Waals surface area contributed by atoms with Gasteiger partial charge in [0.25, 0.3) is 5.91 Å². The molecule has 0 aliphatic carbocycles.